The van der Waals surface area contributed by atoms with Crippen molar-refractivity contribution in [2.45, 2.75) is 31.3 Å². The van der Waals surface area contributed by atoms with E-state index in [9.17, 15) is 4.79 Å². The number of carbonyl (C=O) groups is 1. The van der Waals surface area contributed by atoms with Gasteiger partial charge in [0.25, 0.3) is 5.91 Å². The van der Waals surface area contributed by atoms with Crippen LogP contribution in [0.1, 0.15) is 29.8 Å². The van der Waals surface area contributed by atoms with Crippen molar-refractivity contribution in [1.82, 2.24) is 25.1 Å². The molecule has 1 atom stereocenters. The fourth-order valence-corrected chi connectivity index (χ4v) is 3.92. The Morgan fingerprint density at radius 2 is 2.03 bits per heavy atom. The number of nitrogens with zero attached hydrogens (tertiary/aromatic N) is 5. The molecular formula is C21H25N7O2. The molecule has 1 saturated carbocycles. The number of hydrogen-bond acceptors (Lipinski definition) is 7. The van der Waals surface area contributed by atoms with E-state index in [2.05, 4.69) is 30.6 Å². The van der Waals surface area contributed by atoms with Crippen LogP contribution in [0.3, 0.4) is 0 Å². The predicted octanol–water partition coefficient (Wildman–Crippen LogP) is 1.95. The first-order chi connectivity index (χ1) is 14.6. The van der Waals surface area contributed by atoms with Crippen LogP contribution in [0, 0.1) is 0 Å². The number of rotatable bonds is 6. The van der Waals surface area contributed by atoms with E-state index >= 15 is 0 Å². The summed E-state index contributed by atoms with van der Waals surface area (Å²) in [6, 6.07) is 4.87. The maximum atomic E-state index is 12.7. The molecule has 5 rings (SSSR count). The molecule has 9 heteroatoms. The first-order valence-corrected chi connectivity index (χ1v) is 10.2. The van der Waals surface area contributed by atoms with Crippen molar-refractivity contribution in [2.75, 3.05) is 30.4 Å². The minimum Gasteiger partial charge on any atom is -0.494 e. The van der Waals surface area contributed by atoms with Gasteiger partial charge in [-0.15, -0.1) is 0 Å². The number of hydrogen-bond donors (Lipinski definition) is 2. The van der Waals surface area contributed by atoms with E-state index in [4.69, 9.17) is 4.74 Å². The first kappa shape index (κ1) is 18.8. The van der Waals surface area contributed by atoms with Gasteiger partial charge in [0.1, 0.15) is 17.3 Å². The number of anilines is 2. The van der Waals surface area contributed by atoms with Crippen LogP contribution < -0.4 is 20.3 Å². The number of nitrogens with one attached hydrogen (secondary N) is 2. The van der Waals surface area contributed by atoms with E-state index in [1.54, 1.807) is 24.1 Å². The molecule has 2 aromatic heterocycles. The van der Waals surface area contributed by atoms with Crippen LogP contribution in [0.25, 0.3) is 10.9 Å². The minimum atomic E-state index is -0.328. The number of carbonyl (C=O) groups excluding carboxylic acids is 1. The average molecular weight is 407 g/mol. The molecule has 1 aromatic carbocycles. The molecule has 3 aromatic rings. The lowest BCUT2D eigenvalue weighted by Crippen LogP contribution is -2.34. The Kier molecular flexibility index (Phi) is 4.74. The summed E-state index contributed by atoms with van der Waals surface area (Å²) in [4.78, 5) is 23.8. The van der Waals surface area contributed by atoms with E-state index < -0.39 is 0 Å². The summed E-state index contributed by atoms with van der Waals surface area (Å²) in [7, 11) is 3.42. The van der Waals surface area contributed by atoms with E-state index in [0.29, 0.717) is 23.5 Å². The van der Waals surface area contributed by atoms with Gasteiger partial charge in [0.05, 0.1) is 30.7 Å². The zero-order valence-electron chi connectivity index (χ0n) is 17.1. The molecule has 1 amide bonds. The minimum absolute atomic E-state index is 0.263. The van der Waals surface area contributed by atoms with E-state index in [-0.39, 0.29) is 11.6 Å². The zero-order chi connectivity index (χ0) is 20.7. The lowest BCUT2D eigenvalue weighted by molar-refractivity contribution is 0.102. The van der Waals surface area contributed by atoms with Crippen molar-refractivity contribution < 1.29 is 9.53 Å². The van der Waals surface area contributed by atoms with Crippen molar-refractivity contribution in [3.8, 4) is 5.75 Å². The van der Waals surface area contributed by atoms with Crippen molar-refractivity contribution in [3.05, 3.63) is 36.4 Å². The van der Waals surface area contributed by atoms with Gasteiger partial charge in [-0.25, -0.2) is 9.97 Å². The van der Waals surface area contributed by atoms with Gasteiger partial charge in [-0.3, -0.25) is 9.48 Å². The normalized spacial score (nSPS) is 18.7. The van der Waals surface area contributed by atoms with Crippen LogP contribution in [-0.2, 0) is 7.05 Å². The predicted molar refractivity (Wildman–Crippen MR) is 114 cm³/mol. The van der Waals surface area contributed by atoms with Gasteiger partial charge in [0.15, 0.2) is 0 Å². The third kappa shape index (κ3) is 3.80. The number of methoxy groups -OCH3 is 1. The number of benzene rings is 1. The summed E-state index contributed by atoms with van der Waals surface area (Å²) in [5.74, 6) is 1.02. The van der Waals surface area contributed by atoms with Crippen molar-refractivity contribution in [3.63, 3.8) is 0 Å². The molecule has 2 aliphatic rings. The summed E-state index contributed by atoms with van der Waals surface area (Å²) in [6.07, 6.45) is 8.78. The molecule has 1 unspecified atom stereocenters. The Labute approximate surface area is 174 Å². The molecule has 2 fully saturated rings. The molecule has 0 spiro atoms. The molecule has 1 saturated heterocycles. The standard InChI is InChI=1S/C21H25N7O2/c1-27-11-13-7-17(19(30-2)8-16(13)26-27)25-21(29)18-9-23-20(10-22-18)28-6-5-15(12-28)24-14-3-4-14/h7-11,14-15,24H,3-6,12H2,1-2H3,(H,25,29). The van der Waals surface area contributed by atoms with Crippen LogP contribution in [0.2, 0.25) is 0 Å². The maximum absolute atomic E-state index is 12.7. The summed E-state index contributed by atoms with van der Waals surface area (Å²) in [6.45, 7) is 1.88. The maximum Gasteiger partial charge on any atom is 0.275 e. The van der Waals surface area contributed by atoms with Crippen LogP contribution >= 0.6 is 0 Å². The molecule has 0 radical (unpaired) electrons. The van der Waals surface area contributed by atoms with Gasteiger partial charge in [-0.2, -0.15) is 5.10 Å². The van der Waals surface area contributed by atoms with Gasteiger partial charge in [-0.1, -0.05) is 0 Å². The van der Waals surface area contributed by atoms with Crippen LogP contribution in [0.5, 0.6) is 5.75 Å². The highest BCUT2D eigenvalue weighted by Crippen LogP contribution is 2.30. The van der Waals surface area contributed by atoms with E-state index in [0.717, 1.165) is 36.2 Å². The van der Waals surface area contributed by atoms with Crippen molar-refractivity contribution >= 4 is 28.3 Å². The quantitative estimate of drug-likeness (QED) is 0.645. The molecule has 30 heavy (non-hydrogen) atoms. The van der Waals surface area contributed by atoms with Gasteiger partial charge < -0.3 is 20.3 Å². The number of aryl methyl sites for hydroxylation is 1. The lowest BCUT2D eigenvalue weighted by atomic mass is 10.2. The van der Waals surface area contributed by atoms with Crippen molar-refractivity contribution in [2.24, 2.45) is 7.05 Å². The largest absolute Gasteiger partial charge is 0.494 e. The fraction of sp³-hybridized carbons (Fsp3) is 0.429. The van der Waals surface area contributed by atoms with Crippen molar-refractivity contribution in [1.29, 1.82) is 0 Å². The number of aromatic nitrogens is 4. The second kappa shape index (κ2) is 7.56. The second-order valence-corrected chi connectivity index (χ2v) is 8.00. The highest BCUT2D eigenvalue weighted by Gasteiger charge is 2.29. The van der Waals surface area contributed by atoms with Crippen LogP contribution in [0.15, 0.2) is 30.7 Å². The fourth-order valence-electron chi connectivity index (χ4n) is 3.92. The van der Waals surface area contributed by atoms with Crippen LogP contribution in [-0.4, -0.2) is 57.9 Å². The Hall–Kier alpha value is -3.20. The molecule has 2 N–H and O–H groups in total. The highest BCUT2D eigenvalue weighted by atomic mass is 16.5. The SMILES string of the molecule is COc1cc2nn(C)cc2cc1NC(=O)c1cnc(N2CCC(NC3CC3)C2)cn1. The molecule has 0 bridgehead atoms. The zero-order valence-corrected chi connectivity index (χ0v) is 17.1. The van der Waals surface area contributed by atoms with Gasteiger partial charge >= 0.3 is 0 Å². The molecule has 1 aliphatic carbocycles. The van der Waals surface area contributed by atoms with Gasteiger partial charge in [-0.05, 0) is 25.3 Å². The molecule has 3 heterocycles. The van der Waals surface area contributed by atoms with Gasteiger partial charge in [0, 0.05) is 49.9 Å². The van der Waals surface area contributed by atoms with E-state index in [1.165, 1.54) is 19.0 Å². The molecule has 9 nitrogen and oxygen atoms in total. The smallest absolute Gasteiger partial charge is 0.275 e. The molecular weight excluding hydrogens is 382 g/mol. The lowest BCUT2D eigenvalue weighted by Gasteiger charge is -2.17. The molecule has 1 aliphatic heterocycles. The van der Waals surface area contributed by atoms with Crippen LogP contribution in [0.4, 0.5) is 11.5 Å². The Bertz CT molecular complexity index is 1070. The number of fused-ring (bicyclic) bond motifs is 1. The topological polar surface area (TPSA) is 97.2 Å². The number of amides is 1. The van der Waals surface area contributed by atoms with Gasteiger partial charge in [0.2, 0.25) is 0 Å². The summed E-state index contributed by atoms with van der Waals surface area (Å²) < 4.78 is 7.14. The Balaban J connectivity index is 1.28. The summed E-state index contributed by atoms with van der Waals surface area (Å²) in [5, 5.41) is 11.8. The monoisotopic (exact) mass is 407 g/mol. The summed E-state index contributed by atoms with van der Waals surface area (Å²) in [5.41, 5.74) is 1.64. The van der Waals surface area contributed by atoms with E-state index in [1.807, 2.05) is 19.3 Å². The Morgan fingerprint density at radius 1 is 1.17 bits per heavy atom. The number of ether oxygens (including phenoxy) is 1. The third-order valence-electron chi connectivity index (χ3n) is 5.62. The Morgan fingerprint density at radius 3 is 2.77 bits per heavy atom. The third-order valence-corrected chi connectivity index (χ3v) is 5.62. The summed E-state index contributed by atoms with van der Waals surface area (Å²) >= 11 is 0. The first-order valence-electron chi connectivity index (χ1n) is 10.2. The highest BCUT2D eigenvalue weighted by molar-refractivity contribution is 6.04. The molecule has 156 valence electrons. The second-order valence-electron chi connectivity index (χ2n) is 8.00. The average Bonchev–Trinajstić information content (AvgIpc) is 3.30.